The van der Waals surface area contributed by atoms with Gasteiger partial charge in [0.2, 0.25) is 0 Å². The summed E-state index contributed by atoms with van der Waals surface area (Å²) in [5.41, 5.74) is 2.84. The summed E-state index contributed by atoms with van der Waals surface area (Å²) in [6.45, 7) is 8.34. The van der Waals surface area contributed by atoms with Crippen LogP contribution in [0, 0.1) is 6.92 Å². The Morgan fingerprint density at radius 2 is 1.87 bits per heavy atom. The van der Waals surface area contributed by atoms with Gasteiger partial charge in [0.1, 0.15) is 5.75 Å². The molecule has 1 aromatic carbocycles. The highest BCUT2D eigenvalue weighted by atomic mass is 16.5. The van der Waals surface area contributed by atoms with Gasteiger partial charge in [0.05, 0.1) is 12.7 Å². The molecular weight excluding hydrogens is 188 g/mol. The van der Waals surface area contributed by atoms with Gasteiger partial charge in [0.25, 0.3) is 0 Å². The first-order valence-corrected chi connectivity index (χ1v) is 5.04. The molecule has 0 aliphatic carbocycles. The molecule has 0 N–H and O–H groups in total. The molecule has 0 amide bonds. The molecule has 0 aliphatic rings. The van der Waals surface area contributed by atoms with Crippen LogP contribution in [0.2, 0.25) is 0 Å². The van der Waals surface area contributed by atoms with Crippen LogP contribution >= 0.6 is 0 Å². The summed E-state index contributed by atoms with van der Waals surface area (Å²) >= 11 is 0. The van der Waals surface area contributed by atoms with Crippen molar-refractivity contribution >= 4 is 6.29 Å². The number of benzene rings is 1. The fraction of sp³-hybridized carbons (Fsp3) is 0.462. The summed E-state index contributed by atoms with van der Waals surface area (Å²) in [5, 5.41) is 0. The van der Waals surface area contributed by atoms with E-state index in [1.54, 1.807) is 7.11 Å². The van der Waals surface area contributed by atoms with Crippen molar-refractivity contribution in [3.63, 3.8) is 0 Å². The maximum Gasteiger partial charge on any atom is 0.153 e. The van der Waals surface area contributed by atoms with Gasteiger partial charge in [-0.25, -0.2) is 0 Å². The minimum atomic E-state index is 0.0504. The van der Waals surface area contributed by atoms with E-state index in [4.69, 9.17) is 4.74 Å². The van der Waals surface area contributed by atoms with Gasteiger partial charge >= 0.3 is 0 Å². The fourth-order valence-corrected chi connectivity index (χ4v) is 1.60. The second kappa shape index (κ2) is 4.05. The van der Waals surface area contributed by atoms with Crippen molar-refractivity contribution in [2.24, 2.45) is 0 Å². The topological polar surface area (TPSA) is 26.3 Å². The maximum absolute atomic E-state index is 10.9. The Labute approximate surface area is 91.3 Å². The van der Waals surface area contributed by atoms with E-state index < -0.39 is 0 Å². The molecule has 0 heterocycles. The number of ether oxygens (including phenoxy) is 1. The van der Waals surface area contributed by atoms with Gasteiger partial charge in [-0.3, -0.25) is 4.79 Å². The van der Waals surface area contributed by atoms with Gasteiger partial charge < -0.3 is 4.74 Å². The predicted octanol–water partition coefficient (Wildman–Crippen LogP) is 3.11. The molecule has 0 unspecified atom stereocenters. The molecule has 0 spiro atoms. The fourth-order valence-electron chi connectivity index (χ4n) is 1.60. The lowest BCUT2D eigenvalue weighted by atomic mass is 9.85. The summed E-state index contributed by atoms with van der Waals surface area (Å²) in [6.07, 6.45) is 0.848. The Balaban J connectivity index is 3.38. The Kier molecular flexibility index (Phi) is 3.18. The highest BCUT2D eigenvalue weighted by molar-refractivity contribution is 5.80. The summed E-state index contributed by atoms with van der Waals surface area (Å²) < 4.78 is 5.20. The molecule has 15 heavy (non-hydrogen) atoms. The molecule has 0 saturated heterocycles. The third-order valence-electron chi connectivity index (χ3n) is 2.50. The third-order valence-corrected chi connectivity index (χ3v) is 2.50. The number of carbonyl (C=O) groups excluding carboxylic acids is 1. The molecular formula is C13H18O2. The second-order valence-corrected chi connectivity index (χ2v) is 4.78. The first-order valence-electron chi connectivity index (χ1n) is 5.04. The molecule has 2 heteroatoms. The third kappa shape index (κ3) is 2.38. The van der Waals surface area contributed by atoms with Crippen molar-refractivity contribution in [1.82, 2.24) is 0 Å². The quantitative estimate of drug-likeness (QED) is 0.695. The molecule has 0 aromatic heterocycles. The highest BCUT2D eigenvalue weighted by Crippen LogP contribution is 2.30. The normalized spacial score (nSPS) is 11.3. The van der Waals surface area contributed by atoms with Crippen molar-refractivity contribution in [1.29, 1.82) is 0 Å². The Morgan fingerprint density at radius 3 is 2.27 bits per heavy atom. The smallest absolute Gasteiger partial charge is 0.153 e. The van der Waals surface area contributed by atoms with E-state index in [0.29, 0.717) is 11.3 Å². The van der Waals surface area contributed by atoms with Crippen LogP contribution in [0.5, 0.6) is 5.75 Å². The molecule has 2 nitrogen and oxygen atoms in total. The van der Waals surface area contributed by atoms with Crippen LogP contribution < -0.4 is 4.74 Å². The number of carbonyl (C=O) groups is 1. The van der Waals surface area contributed by atoms with Crippen LogP contribution in [0.25, 0.3) is 0 Å². The van der Waals surface area contributed by atoms with Crippen LogP contribution in [0.1, 0.15) is 42.3 Å². The van der Waals surface area contributed by atoms with Gasteiger partial charge in [-0.1, -0.05) is 26.8 Å². The molecule has 0 atom stereocenters. The van der Waals surface area contributed by atoms with E-state index in [2.05, 4.69) is 26.8 Å². The lowest BCUT2D eigenvalue weighted by Gasteiger charge is -2.21. The number of hydrogen-bond donors (Lipinski definition) is 0. The Morgan fingerprint density at radius 1 is 1.27 bits per heavy atom. The van der Waals surface area contributed by atoms with Crippen molar-refractivity contribution in [3.05, 3.63) is 28.8 Å². The van der Waals surface area contributed by atoms with Crippen LogP contribution in [0.15, 0.2) is 12.1 Å². The van der Waals surface area contributed by atoms with E-state index in [1.807, 2.05) is 13.0 Å². The van der Waals surface area contributed by atoms with Gasteiger partial charge in [-0.05, 0) is 29.5 Å². The van der Waals surface area contributed by atoms with Crippen LogP contribution in [-0.2, 0) is 5.41 Å². The van der Waals surface area contributed by atoms with E-state index in [0.717, 1.165) is 17.4 Å². The molecule has 1 aromatic rings. The average molecular weight is 206 g/mol. The van der Waals surface area contributed by atoms with Gasteiger partial charge in [-0.2, -0.15) is 0 Å². The van der Waals surface area contributed by atoms with E-state index in [-0.39, 0.29) is 5.41 Å². The molecule has 1 rings (SSSR count). The largest absolute Gasteiger partial charge is 0.496 e. The van der Waals surface area contributed by atoms with E-state index >= 15 is 0 Å². The Hall–Kier alpha value is -1.31. The molecule has 0 saturated carbocycles. The first kappa shape index (κ1) is 11.8. The van der Waals surface area contributed by atoms with Crippen molar-refractivity contribution in [2.45, 2.75) is 33.1 Å². The molecule has 0 aliphatic heterocycles. The van der Waals surface area contributed by atoms with E-state index in [1.165, 1.54) is 0 Å². The second-order valence-electron chi connectivity index (χ2n) is 4.78. The van der Waals surface area contributed by atoms with Crippen molar-refractivity contribution in [2.75, 3.05) is 7.11 Å². The molecule has 0 fully saturated rings. The summed E-state index contributed by atoms with van der Waals surface area (Å²) in [6, 6.07) is 3.98. The maximum atomic E-state index is 10.9. The summed E-state index contributed by atoms with van der Waals surface area (Å²) in [7, 11) is 1.59. The van der Waals surface area contributed by atoms with Gasteiger partial charge in [0, 0.05) is 0 Å². The van der Waals surface area contributed by atoms with Crippen molar-refractivity contribution < 1.29 is 9.53 Å². The van der Waals surface area contributed by atoms with Crippen LogP contribution in [-0.4, -0.2) is 13.4 Å². The SMILES string of the molecule is COc1c(C)cc(C(C)(C)C)cc1C=O. The minimum Gasteiger partial charge on any atom is -0.496 e. The zero-order valence-electron chi connectivity index (χ0n) is 10.0. The number of aryl methyl sites for hydroxylation is 1. The monoisotopic (exact) mass is 206 g/mol. The van der Waals surface area contributed by atoms with Crippen LogP contribution in [0.4, 0.5) is 0 Å². The molecule has 0 bridgehead atoms. The number of aldehydes is 1. The average Bonchev–Trinajstić information content (AvgIpc) is 2.15. The summed E-state index contributed by atoms with van der Waals surface area (Å²) in [5.74, 6) is 0.679. The van der Waals surface area contributed by atoms with E-state index in [9.17, 15) is 4.79 Å². The lowest BCUT2D eigenvalue weighted by Crippen LogP contribution is -2.12. The zero-order chi connectivity index (χ0) is 11.6. The standard InChI is InChI=1S/C13H18O2/c1-9-6-11(13(2,3)4)7-10(8-14)12(9)15-5/h6-8H,1-5H3. The lowest BCUT2D eigenvalue weighted by molar-refractivity contribution is 0.112. The Bertz CT molecular complexity index is 373. The number of methoxy groups -OCH3 is 1. The van der Waals surface area contributed by atoms with Crippen LogP contribution in [0.3, 0.4) is 0 Å². The number of rotatable bonds is 2. The first-order chi connectivity index (χ1) is 6.90. The number of hydrogen-bond acceptors (Lipinski definition) is 2. The highest BCUT2D eigenvalue weighted by Gasteiger charge is 2.17. The van der Waals surface area contributed by atoms with Gasteiger partial charge in [0.15, 0.2) is 6.29 Å². The zero-order valence-corrected chi connectivity index (χ0v) is 10.0. The molecule has 0 radical (unpaired) electrons. The minimum absolute atomic E-state index is 0.0504. The predicted molar refractivity (Wildman–Crippen MR) is 61.8 cm³/mol. The molecule has 82 valence electrons. The van der Waals surface area contributed by atoms with Crippen molar-refractivity contribution in [3.8, 4) is 5.75 Å². The summed E-state index contributed by atoms with van der Waals surface area (Å²) in [4.78, 5) is 10.9. The van der Waals surface area contributed by atoms with Gasteiger partial charge in [-0.15, -0.1) is 0 Å².